The van der Waals surface area contributed by atoms with Gasteiger partial charge in [0.25, 0.3) is 5.88 Å². The molecular weight excluding hydrogens is 314 g/mol. The lowest BCUT2D eigenvalue weighted by molar-refractivity contribution is 0.233. The van der Waals surface area contributed by atoms with Gasteiger partial charge in [0.1, 0.15) is 0 Å². The van der Waals surface area contributed by atoms with E-state index in [0.29, 0.717) is 18.2 Å². The monoisotopic (exact) mass is 327 g/mol. The minimum Gasteiger partial charge on any atom is -0.472 e. The molecule has 0 saturated carbocycles. The highest BCUT2D eigenvalue weighted by atomic mass is 79.9. The summed E-state index contributed by atoms with van der Waals surface area (Å²) >= 11 is 5.19. The fourth-order valence-corrected chi connectivity index (χ4v) is 2.80. The topological polar surface area (TPSA) is 47.0 Å². The van der Waals surface area contributed by atoms with Crippen molar-refractivity contribution in [1.82, 2.24) is 9.97 Å². The zero-order chi connectivity index (χ0) is 13.0. The molecule has 0 spiro atoms. The molecule has 0 aliphatic heterocycles. The lowest BCUT2D eigenvalue weighted by Crippen LogP contribution is -2.10. The molecular formula is C12H14BrN3OS. The fraction of sp³-hybridized carbons (Fsp3) is 0.333. The molecule has 0 aromatic carbocycles. The maximum absolute atomic E-state index is 5.60. The second kappa shape index (κ2) is 6.15. The molecule has 0 aliphatic carbocycles. The van der Waals surface area contributed by atoms with Crippen LogP contribution in [0.4, 0.5) is 5.82 Å². The number of nitrogens with one attached hydrogen (secondary N) is 1. The number of rotatable bonds is 5. The molecule has 4 nitrogen and oxygen atoms in total. The molecule has 0 fully saturated rings. The Kier molecular flexibility index (Phi) is 4.54. The predicted octanol–water partition coefficient (Wildman–Crippen LogP) is 3.70. The van der Waals surface area contributed by atoms with Gasteiger partial charge in [-0.25, -0.2) is 9.97 Å². The number of nitrogens with zero attached hydrogens (tertiary/aromatic N) is 2. The van der Waals surface area contributed by atoms with Gasteiger partial charge in [-0.3, -0.25) is 0 Å². The van der Waals surface area contributed by atoms with Gasteiger partial charge in [-0.05, 0) is 41.2 Å². The molecule has 0 bridgehead atoms. The number of halogens is 1. The Bertz CT molecular complexity index is 516. The van der Waals surface area contributed by atoms with Gasteiger partial charge >= 0.3 is 0 Å². The third-order valence-electron chi connectivity index (χ3n) is 2.12. The molecule has 6 heteroatoms. The average Bonchev–Trinajstić information content (AvgIpc) is 2.73. The smallest absolute Gasteiger partial charge is 0.257 e. The van der Waals surface area contributed by atoms with Crippen LogP contribution in [-0.2, 0) is 6.54 Å². The minimum atomic E-state index is 0.0794. The molecule has 2 aromatic heterocycles. The van der Waals surface area contributed by atoms with E-state index < -0.39 is 0 Å². The summed E-state index contributed by atoms with van der Waals surface area (Å²) < 4.78 is 6.71. The van der Waals surface area contributed by atoms with Crippen LogP contribution in [0.5, 0.6) is 5.88 Å². The first-order valence-electron chi connectivity index (χ1n) is 5.60. The summed E-state index contributed by atoms with van der Waals surface area (Å²) in [6.07, 6.45) is 3.36. The van der Waals surface area contributed by atoms with Gasteiger partial charge in [0.05, 0.1) is 12.6 Å². The molecule has 96 valence electrons. The number of anilines is 1. The van der Waals surface area contributed by atoms with Crippen molar-refractivity contribution in [2.45, 2.75) is 26.5 Å². The normalized spacial score (nSPS) is 10.7. The number of hydrogen-bond acceptors (Lipinski definition) is 5. The van der Waals surface area contributed by atoms with Crippen LogP contribution in [0.25, 0.3) is 0 Å². The third kappa shape index (κ3) is 3.43. The van der Waals surface area contributed by atoms with E-state index in [1.54, 1.807) is 23.7 Å². The van der Waals surface area contributed by atoms with Crippen LogP contribution < -0.4 is 10.1 Å². The Morgan fingerprint density at radius 2 is 2.17 bits per heavy atom. The Hall–Kier alpha value is -1.14. The van der Waals surface area contributed by atoms with Crippen molar-refractivity contribution >= 4 is 33.1 Å². The van der Waals surface area contributed by atoms with E-state index in [1.807, 2.05) is 25.3 Å². The van der Waals surface area contributed by atoms with Crippen LogP contribution in [0.1, 0.15) is 18.7 Å². The van der Waals surface area contributed by atoms with Crippen molar-refractivity contribution in [3.8, 4) is 5.88 Å². The van der Waals surface area contributed by atoms with Crippen molar-refractivity contribution in [2.75, 3.05) is 5.32 Å². The van der Waals surface area contributed by atoms with E-state index in [2.05, 4.69) is 31.2 Å². The average molecular weight is 328 g/mol. The summed E-state index contributed by atoms with van der Waals surface area (Å²) in [5.41, 5.74) is 0. The quantitative estimate of drug-likeness (QED) is 0.909. The Morgan fingerprint density at radius 3 is 2.83 bits per heavy atom. The molecule has 2 rings (SSSR count). The Balaban J connectivity index is 2.07. The van der Waals surface area contributed by atoms with Crippen LogP contribution in [-0.4, -0.2) is 16.1 Å². The molecule has 0 amide bonds. The van der Waals surface area contributed by atoms with E-state index in [9.17, 15) is 0 Å². The van der Waals surface area contributed by atoms with Crippen LogP contribution >= 0.6 is 27.3 Å². The van der Waals surface area contributed by atoms with Gasteiger partial charge in [0.2, 0.25) is 0 Å². The standard InChI is InChI=1S/C12H14BrN3OS/c1-8(2)17-12-11(14-4-5-15-12)16-7-10-9(13)3-6-18-10/h3-6,8H,7H2,1-2H3,(H,14,16). The second-order valence-corrected chi connectivity index (χ2v) is 5.78. The number of hydrogen-bond donors (Lipinski definition) is 1. The zero-order valence-electron chi connectivity index (χ0n) is 10.2. The van der Waals surface area contributed by atoms with Crippen LogP contribution in [0.2, 0.25) is 0 Å². The summed E-state index contributed by atoms with van der Waals surface area (Å²) in [5.74, 6) is 1.21. The first-order valence-corrected chi connectivity index (χ1v) is 7.27. The Morgan fingerprint density at radius 1 is 1.39 bits per heavy atom. The molecule has 0 atom stereocenters. The molecule has 1 N–H and O–H groups in total. The fourth-order valence-electron chi connectivity index (χ4n) is 1.37. The Labute approximate surface area is 119 Å². The number of thiophene rings is 1. The summed E-state index contributed by atoms with van der Waals surface area (Å²) in [4.78, 5) is 9.66. The van der Waals surface area contributed by atoms with Crippen molar-refractivity contribution in [3.63, 3.8) is 0 Å². The molecule has 0 saturated heterocycles. The maximum atomic E-state index is 5.60. The molecule has 18 heavy (non-hydrogen) atoms. The second-order valence-electron chi connectivity index (χ2n) is 3.92. The van der Waals surface area contributed by atoms with Gasteiger partial charge in [0, 0.05) is 21.7 Å². The van der Waals surface area contributed by atoms with Crippen molar-refractivity contribution in [3.05, 3.63) is 33.2 Å². The first kappa shape index (κ1) is 13.3. The molecule has 2 heterocycles. The van der Waals surface area contributed by atoms with Crippen LogP contribution in [0.3, 0.4) is 0 Å². The SMILES string of the molecule is CC(C)Oc1nccnc1NCc1sccc1Br. The highest BCUT2D eigenvalue weighted by Crippen LogP contribution is 2.25. The van der Waals surface area contributed by atoms with Gasteiger partial charge in [0.15, 0.2) is 5.82 Å². The van der Waals surface area contributed by atoms with E-state index in [0.717, 1.165) is 4.47 Å². The summed E-state index contributed by atoms with van der Waals surface area (Å²) in [6, 6.07) is 2.03. The van der Waals surface area contributed by atoms with Gasteiger partial charge < -0.3 is 10.1 Å². The van der Waals surface area contributed by atoms with E-state index in [1.165, 1.54) is 4.88 Å². The van der Waals surface area contributed by atoms with Crippen molar-refractivity contribution in [1.29, 1.82) is 0 Å². The van der Waals surface area contributed by atoms with E-state index >= 15 is 0 Å². The van der Waals surface area contributed by atoms with Crippen LogP contribution in [0.15, 0.2) is 28.3 Å². The largest absolute Gasteiger partial charge is 0.472 e. The number of aromatic nitrogens is 2. The van der Waals surface area contributed by atoms with Crippen molar-refractivity contribution < 1.29 is 4.74 Å². The van der Waals surface area contributed by atoms with E-state index in [-0.39, 0.29) is 6.10 Å². The van der Waals surface area contributed by atoms with Gasteiger partial charge in [-0.2, -0.15) is 0 Å². The van der Waals surface area contributed by atoms with Gasteiger partial charge in [-0.1, -0.05) is 0 Å². The highest BCUT2D eigenvalue weighted by Gasteiger charge is 2.09. The molecule has 0 unspecified atom stereocenters. The highest BCUT2D eigenvalue weighted by molar-refractivity contribution is 9.10. The first-order chi connectivity index (χ1) is 8.66. The third-order valence-corrected chi connectivity index (χ3v) is 4.05. The number of ether oxygens (including phenoxy) is 1. The summed E-state index contributed by atoms with van der Waals surface area (Å²) in [6.45, 7) is 4.63. The minimum absolute atomic E-state index is 0.0794. The van der Waals surface area contributed by atoms with Gasteiger partial charge in [-0.15, -0.1) is 11.3 Å². The van der Waals surface area contributed by atoms with Crippen molar-refractivity contribution in [2.24, 2.45) is 0 Å². The summed E-state index contributed by atoms with van der Waals surface area (Å²) in [7, 11) is 0. The molecule has 2 aromatic rings. The van der Waals surface area contributed by atoms with E-state index in [4.69, 9.17) is 4.74 Å². The lowest BCUT2D eigenvalue weighted by Gasteiger charge is -2.12. The lowest BCUT2D eigenvalue weighted by atomic mass is 10.4. The predicted molar refractivity (Wildman–Crippen MR) is 77.1 cm³/mol. The zero-order valence-corrected chi connectivity index (χ0v) is 12.6. The van der Waals surface area contributed by atoms with Crippen LogP contribution in [0, 0.1) is 0 Å². The molecule has 0 radical (unpaired) electrons. The summed E-state index contributed by atoms with van der Waals surface area (Å²) in [5, 5.41) is 5.29. The molecule has 0 aliphatic rings. The maximum Gasteiger partial charge on any atom is 0.257 e.